The van der Waals surface area contributed by atoms with E-state index in [0.29, 0.717) is 15.1 Å². The van der Waals surface area contributed by atoms with E-state index in [4.69, 9.17) is 28.6 Å². The summed E-state index contributed by atoms with van der Waals surface area (Å²) in [5, 5.41) is 6.11. The third kappa shape index (κ3) is 4.34. The summed E-state index contributed by atoms with van der Waals surface area (Å²) < 4.78 is 6.38. The van der Waals surface area contributed by atoms with Gasteiger partial charge in [-0.1, -0.05) is 91.4 Å². The Bertz CT molecular complexity index is 1080. The zero-order valence-corrected chi connectivity index (χ0v) is 18.9. The Morgan fingerprint density at radius 3 is 2.67 bits per heavy atom. The summed E-state index contributed by atoms with van der Waals surface area (Å²) in [6, 6.07) is 19.1. The highest BCUT2D eigenvalue weighted by atomic mass is 35.5. The van der Waals surface area contributed by atoms with Crippen molar-refractivity contribution in [3.05, 3.63) is 76.8 Å². The van der Waals surface area contributed by atoms with Crippen LogP contribution in [0.15, 0.2) is 60.7 Å². The minimum atomic E-state index is -0.605. The van der Waals surface area contributed by atoms with Crippen LogP contribution in [0.4, 0.5) is 0 Å². The van der Waals surface area contributed by atoms with Crippen LogP contribution in [0, 0.1) is 0 Å². The molecule has 154 valence electrons. The van der Waals surface area contributed by atoms with E-state index >= 15 is 0 Å². The zero-order valence-electron chi connectivity index (χ0n) is 16.6. The minimum Gasteiger partial charge on any atom is -0.425 e. The van der Waals surface area contributed by atoms with Crippen LogP contribution in [0.3, 0.4) is 0 Å². The Hall–Kier alpha value is -2.08. The Kier molecular flexibility index (Phi) is 6.61. The Labute approximate surface area is 191 Å². The quantitative estimate of drug-likeness (QED) is 0.211. The number of halogens is 1. The molecule has 1 aliphatic heterocycles. The second kappa shape index (κ2) is 9.38. The number of carbonyl (C=O) groups is 1. The molecule has 0 radical (unpaired) electrons. The zero-order chi connectivity index (χ0) is 21.1. The van der Waals surface area contributed by atoms with Crippen molar-refractivity contribution in [2.75, 3.05) is 5.75 Å². The lowest BCUT2D eigenvalue weighted by molar-refractivity contribution is -0.137. The van der Waals surface area contributed by atoms with Crippen molar-refractivity contribution in [3.8, 4) is 5.75 Å². The Balaban J connectivity index is 1.80. The number of rotatable bonds is 5. The van der Waals surface area contributed by atoms with E-state index in [2.05, 4.69) is 24.4 Å². The molecule has 1 aliphatic rings. The average molecular weight is 456 g/mol. The topological polar surface area (TPSA) is 38.3 Å². The number of nitrogens with one attached hydrogen (secondary N) is 1. The number of ether oxygens (including phenoxy) is 1. The third-order valence-corrected chi connectivity index (χ3v) is 6.87. The molecule has 0 spiro atoms. The van der Waals surface area contributed by atoms with E-state index in [0.717, 1.165) is 40.5 Å². The summed E-state index contributed by atoms with van der Waals surface area (Å²) in [4.78, 5) is 13.0. The maximum absolute atomic E-state index is 13.0. The van der Waals surface area contributed by atoms with Crippen LogP contribution >= 0.6 is 35.6 Å². The molecule has 30 heavy (non-hydrogen) atoms. The highest BCUT2D eigenvalue weighted by Gasteiger charge is 2.40. The summed E-state index contributed by atoms with van der Waals surface area (Å²) >= 11 is 13.2. The van der Waals surface area contributed by atoms with Crippen LogP contribution in [0.25, 0.3) is 10.8 Å². The van der Waals surface area contributed by atoms with Crippen LogP contribution in [0.2, 0.25) is 5.02 Å². The summed E-state index contributed by atoms with van der Waals surface area (Å²) in [6.07, 6.45) is 2.18. The fourth-order valence-corrected chi connectivity index (χ4v) is 5.14. The fourth-order valence-electron chi connectivity index (χ4n) is 3.81. The third-order valence-electron chi connectivity index (χ3n) is 5.27. The van der Waals surface area contributed by atoms with Gasteiger partial charge in [0.2, 0.25) is 0 Å². The maximum Gasteiger partial charge on any atom is 0.334 e. The molecule has 0 fully saturated rings. The van der Waals surface area contributed by atoms with Gasteiger partial charge in [-0.25, -0.2) is 4.79 Å². The monoisotopic (exact) mass is 455 g/mol. The number of carbonyl (C=O) groups excluding carboxylic acids is 1. The van der Waals surface area contributed by atoms with Crippen molar-refractivity contribution in [3.63, 3.8) is 0 Å². The predicted octanol–water partition coefficient (Wildman–Crippen LogP) is 6.32. The van der Waals surface area contributed by atoms with E-state index in [1.807, 2.05) is 48.5 Å². The lowest BCUT2D eigenvalue weighted by Gasteiger charge is -2.34. The van der Waals surface area contributed by atoms with Crippen LogP contribution in [-0.4, -0.2) is 22.1 Å². The number of benzene rings is 3. The molecule has 0 saturated heterocycles. The van der Waals surface area contributed by atoms with Crippen LogP contribution in [-0.2, 0) is 4.79 Å². The van der Waals surface area contributed by atoms with Gasteiger partial charge in [0.25, 0.3) is 0 Å². The van der Waals surface area contributed by atoms with Crippen molar-refractivity contribution < 1.29 is 9.53 Å². The molecule has 6 heteroatoms. The summed E-state index contributed by atoms with van der Waals surface area (Å²) in [6.45, 7) is 2.15. The molecule has 0 aromatic heterocycles. The molecule has 3 nitrogen and oxygen atoms in total. The molecule has 0 amide bonds. The number of thiocarbonyl (C=S) groups is 1. The van der Waals surface area contributed by atoms with Gasteiger partial charge >= 0.3 is 5.97 Å². The van der Waals surface area contributed by atoms with Gasteiger partial charge in [-0.2, -0.15) is 0 Å². The molecule has 0 aliphatic carbocycles. The van der Waals surface area contributed by atoms with Gasteiger partial charge in [0.15, 0.2) is 0 Å². The van der Waals surface area contributed by atoms with Crippen molar-refractivity contribution in [1.82, 2.24) is 5.32 Å². The van der Waals surface area contributed by atoms with Gasteiger partial charge in [0, 0.05) is 22.3 Å². The number of hydrogen-bond acceptors (Lipinski definition) is 4. The van der Waals surface area contributed by atoms with Crippen molar-refractivity contribution in [2.45, 2.75) is 31.7 Å². The Morgan fingerprint density at radius 1 is 1.13 bits per heavy atom. The second-order valence-electron chi connectivity index (χ2n) is 7.26. The molecule has 0 bridgehead atoms. The first-order chi connectivity index (χ1) is 14.6. The first-order valence-electron chi connectivity index (χ1n) is 10.0. The molecule has 4 rings (SSSR count). The molecule has 1 heterocycles. The molecule has 2 atom stereocenters. The number of fused-ring (bicyclic) bond motifs is 3. The SMILES string of the molecule is CCCCSC(=S)NC1C(=O)Oc2ccc3ccccc3c2C1c1ccc(Cl)cc1. The first kappa shape index (κ1) is 21.2. The van der Waals surface area contributed by atoms with E-state index in [9.17, 15) is 4.79 Å². The highest BCUT2D eigenvalue weighted by Crippen LogP contribution is 2.43. The predicted molar refractivity (Wildman–Crippen MR) is 130 cm³/mol. The first-order valence-corrected chi connectivity index (χ1v) is 11.8. The van der Waals surface area contributed by atoms with E-state index in [1.165, 1.54) is 0 Å². The average Bonchev–Trinajstić information content (AvgIpc) is 2.75. The number of unbranched alkanes of at least 4 members (excludes halogenated alkanes) is 1. The maximum atomic E-state index is 13.0. The van der Waals surface area contributed by atoms with E-state index in [-0.39, 0.29) is 11.9 Å². The van der Waals surface area contributed by atoms with Crippen molar-refractivity contribution in [2.24, 2.45) is 0 Å². The van der Waals surface area contributed by atoms with Crippen LogP contribution < -0.4 is 10.1 Å². The standard InChI is InChI=1S/C24H22ClNO2S2/c1-2-3-14-30-24(29)26-22-20(16-8-11-17(25)12-9-16)21-18-7-5-4-6-15(18)10-13-19(21)28-23(22)27/h4-13,20,22H,2-3,14H2,1H3,(H,26,29). The molecule has 3 aromatic carbocycles. The molecule has 2 unspecified atom stereocenters. The summed E-state index contributed by atoms with van der Waals surface area (Å²) in [7, 11) is 0. The van der Waals surface area contributed by atoms with Gasteiger partial charge in [0.1, 0.15) is 16.1 Å². The van der Waals surface area contributed by atoms with Crippen molar-refractivity contribution >= 4 is 56.6 Å². The normalized spacial score (nSPS) is 18.0. The van der Waals surface area contributed by atoms with Crippen LogP contribution in [0.1, 0.15) is 36.8 Å². The van der Waals surface area contributed by atoms with Gasteiger partial charge in [0.05, 0.1) is 0 Å². The highest BCUT2D eigenvalue weighted by molar-refractivity contribution is 8.22. The molecular formula is C24H22ClNO2S2. The number of hydrogen-bond donors (Lipinski definition) is 1. The lowest BCUT2D eigenvalue weighted by Crippen LogP contribution is -2.48. The second-order valence-corrected chi connectivity index (χ2v) is 9.47. The van der Waals surface area contributed by atoms with Crippen LogP contribution in [0.5, 0.6) is 5.75 Å². The Morgan fingerprint density at radius 2 is 1.90 bits per heavy atom. The largest absolute Gasteiger partial charge is 0.425 e. The van der Waals surface area contributed by atoms with Crippen molar-refractivity contribution in [1.29, 1.82) is 0 Å². The van der Waals surface area contributed by atoms with Gasteiger partial charge in [-0.05, 0) is 41.0 Å². The number of thioether (sulfide) groups is 1. The summed E-state index contributed by atoms with van der Waals surface area (Å²) in [5.41, 5.74) is 1.99. The smallest absolute Gasteiger partial charge is 0.334 e. The fraction of sp³-hybridized carbons (Fsp3) is 0.250. The van der Waals surface area contributed by atoms with Gasteiger partial charge in [-0.3, -0.25) is 0 Å². The molecular weight excluding hydrogens is 434 g/mol. The summed E-state index contributed by atoms with van der Waals surface area (Å²) in [5.74, 6) is 0.960. The molecule has 1 N–H and O–H groups in total. The molecule has 3 aromatic rings. The molecule has 0 saturated carbocycles. The minimum absolute atomic E-state index is 0.241. The van der Waals surface area contributed by atoms with Gasteiger partial charge < -0.3 is 10.1 Å². The lowest BCUT2D eigenvalue weighted by atomic mass is 9.80. The van der Waals surface area contributed by atoms with E-state index in [1.54, 1.807) is 11.8 Å². The van der Waals surface area contributed by atoms with Gasteiger partial charge in [-0.15, -0.1) is 0 Å². The number of esters is 1. The van der Waals surface area contributed by atoms with E-state index < -0.39 is 6.04 Å².